The maximum atomic E-state index is 13.1. The van der Waals surface area contributed by atoms with E-state index in [1.54, 1.807) is 24.3 Å². The van der Waals surface area contributed by atoms with Gasteiger partial charge in [-0.2, -0.15) is 0 Å². The van der Waals surface area contributed by atoms with Crippen LogP contribution in [0, 0.1) is 5.82 Å². The number of esters is 1. The Morgan fingerprint density at radius 3 is 2.62 bits per heavy atom. The van der Waals surface area contributed by atoms with E-state index in [1.807, 2.05) is 0 Å². The molecule has 1 aliphatic rings. The van der Waals surface area contributed by atoms with Crippen molar-refractivity contribution in [2.24, 2.45) is 0 Å². The molecule has 0 fully saturated rings. The lowest BCUT2D eigenvalue weighted by atomic mass is 10.1. The van der Waals surface area contributed by atoms with E-state index in [-0.39, 0.29) is 18.8 Å². The number of hydrogen-bond acceptors (Lipinski definition) is 5. The maximum Gasteiger partial charge on any atom is 0.310 e. The molecular formula is C18H15FO5. The first kappa shape index (κ1) is 16.0. The summed E-state index contributed by atoms with van der Waals surface area (Å²) in [5.41, 5.74) is 0.865. The number of rotatable bonds is 5. The van der Waals surface area contributed by atoms with Gasteiger partial charge in [-0.15, -0.1) is 0 Å². The van der Waals surface area contributed by atoms with Crippen molar-refractivity contribution in [1.82, 2.24) is 0 Å². The van der Waals surface area contributed by atoms with E-state index < -0.39 is 11.8 Å². The van der Waals surface area contributed by atoms with Crippen molar-refractivity contribution in [3.8, 4) is 11.5 Å². The van der Waals surface area contributed by atoms with Gasteiger partial charge in [-0.3, -0.25) is 9.59 Å². The summed E-state index contributed by atoms with van der Waals surface area (Å²) >= 11 is 0. The van der Waals surface area contributed by atoms with E-state index in [0.29, 0.717) is 35.8 Å². The predicted octanol–water partition coefficient (Wildman–Crippen LogP) is 2.57. The fraction of sp³-hybridized carbons (Fsp3) is 0.222. The van der Waals surface area contributed by atoms with Crippen molar-refractivity contribution in [2.45, 2.75) is 6.42 Å². The molecule has 1 aliphatic heterocycles. The van der Waals surface area contributed by atoms with Crippen LogP contribution in [-0.2, 0) is 16.0 Å². The number of fused-ring (bicyclic) bond motifs is 1. The molecule has 0 amide bonds. The van der Waals surface area contributed by atoms with Gasteiger partial charge in [-0.25, -0.2) is 4.39 Å². The molecule has 1 heterocycles. The number of ketones is 1. The first-order chi connectivity index (χ1) is 11.6. The largest absolute Gasteiger partial charge is 0.486 e. The van der Waals surface area contributed by atoms with Gasteiger partial charge in [-0.05, 0) is 35.9 Å². The van der Waals surface area contributed by atoms with Gasteiger partial charge in [0, 0.05) is 5.56 Å². The van der Waals surface area contributed by atoms with Crippen molar-refractivity contribution in [3.63, 3.8) is 0 Å². The molecule has 124 valence electrons. The quantitative estimate of drug-likeness (QED) is 0.623. The molecular weight excluding hydrogens is 315 g/mol. The monoisotopic (exact) mass is 330 g/mol. The smallest absolute Gasteiger partial charge is 0.310 e. The van der Waals surface area contributed by atoms with Gasteiger partial charge in [0.05, 0.1) is 6.42 Å². The van der Waals surface area contributed by atoms with E-state index in [4.69, 9.17) is 14.2 Å². The van der Waals surface area contributed by atoms with E-state index in [1.165, 1.54) is 18.2 Å². The van der Waals surface area contributed by atoms with Crippen LogP contribution < -0.4 is 9.47 Å². The average Bonchev–Trinajstić information content (AvgIpc) is 2.59. The molecule has 0 atom stereocenters. The molecule has 5 nitrogen and oxygen atoms in total. The zero-order valence-corrected chi connectivity index (χ0v) is 12.8. The van der Waals surface area contributed by atoms with E-state index in [2.05, 4.69) is 0 Å². The van der Waals surface area contributed by atoms with E-state index in [0.717, 1.165) is 0 Å². The highest BCUT2D eigenvalue weighted by Gasteiger charge is 2.16. The third-order valence-corrected chi connectivity index (χ3v) is 3.47. The topological polar surface area (TPSA) is 61.8 Å². The summed E-state index contributed by atoms with van der Waals surface area (Å²) in [6.45, 7) is 0.513. The van der Waals surface area contributed by atoms with Gasteiger partial charge < -0.3 is 14.2 Å². The van der Waals surface area contributed by atoms with Gasteiger partial charge in [0.25, 0.3) is 0 Å². The summed E-state index contributed by atoms with van der Waals surface area (Å²) in [5, 5.41) is 0. The Morgan fingerprint density at radius 1 is 1.04 bits per heavy atom. The predicted molar refractivity (Wildman–Crippen MR) is 82.8 cm³/mol. The summed E-state index contributed by atoms with van der Waals surface area (Å²) in [6.07, 6.45) is -0.0911. The molecule has 0 radical (unpaired) electrons. The molecule has 0 aliphatic carbocycles. The molecule has 6 heteroatoms. The Balaban J connectivity index is 1.56. The molecule has 0 unspecified atom stereocenters. The Bertz CT molecular complexity index is 772. The highest BCUT2D eigenvalue weighted by molar-refractivity contribution is 5.98. The van der Waals surface area contributed by atoms with Crippen LogP contribution in [0.1, 0.15) is 15.9 Å². The summed E-state index contributed by atoms with van der Waals surface area (Å²) in [5.74, 6) is -0.280. The molecule has 2 aromatic carbocycles. The second-order valence-corrected chi connectivity index (χ2v) is 5.25. The third-order valence-electron chi connectivity index (χ3n) is 3.47. The SMILES string of the molecule is O=C(Cc1cccc(F)c1)OCC(=O)c1ccc2c(c1)OCCO2. The van der Waals surface area contributed by atoms with Crippen LogP contribution in [-0.4, -0.2) is 31.6 Å². The summed E-state index contributed by atoms with van der Waals surface area (Å²) in [6, 6.07) is 10.5. The average molecular weight is 330 g/mol. The van der Waals surface area contributed by atoms with Gasteiger partial charge >= 0.3 is 5.97 Å². The van der Waals surface area contributed by atoms with Crippen molar-refractivity contribution >= 4 is 11.8 Å². The van der Waals surface area contributed by atoms with Crippen molar-refractivity contribution in [2.75, 3.05) is 19.8 Å². The molecule has 24 heavy (non-hydrogen) atoms. The van der Waals surface area contributed by atoms with Gasteiger partial charge in [-0.1, -0.05) is 12.1 Å². The molecule has 0 spiro atoms. The van der Waals surface area contributed by atoms with Crippen LogP contribution in [0.4, 0.5) is 4.39 Å². The Hall–Kier alpha value is -2.89. The van der Waals surface area contributed by atoms with Gasteiger partial charge in [0.2, 0.25) is 0 Å². The van der Waals surface area contributed by atoms with Crippen LogP contribution >= 0.6 is 0 Å². The summed E-state index contributed by atoms with van der Waals surface area (Å²) < 4.78 is 28.8. The third kappa shape index (κ3) is 3.90. The minimum atomic E-state index is -0.591. The zero-order valence-electron chi connectivity index (χ0n) is 12.8. The number of hydrogen-bond donors (Lipinski definition) is 0. The van der Waals surface area contributed by atoms with Crippen LogP contribution in [0.3, 0.4) is 0 Å². The Kier molecular flexibility index (Phi) is 4.74. The first-order valence-electron chi connectivity index (χ1n) is 7.45. The highest BCUT2D eigenvalue weighted by atomic mass is 19.1. The molecule has 0 bridgehead atoms. The number of halogens is 1. The zero-order chi connectivity index (χ0) is 16.9. The summed E-state index contributed by atoms with van der Waals surface area (Å²) in [4.78, 5) is 23.9. The molecule has 3 rings (SSSR count). The van der Waals surface area contributed by atoms with Gasteiger partial charge in [0.1, 0.15) is 19.0 Å². The van der Waals surface area contributed by atoms with Gasteiger partial charge in [0.15, 0.2) is 23.9 Å². The van der Waals surface area contributed by atoms with Crippen molar-refractivity contribution < 1.29 is 28.2 Å². The van der Waals surface area contributed by atoms with Crippen LogP contribution in [0.2, 0.25) is 0 Å². The van der Waals surface area contributed by atoms with E-state index >= 15 is 0 Å². The number of benzene rings is 2. The highest BCUT2D eigenvalue weighted by Crippen LogP contribution is 2.30. The molecule has 2 aromatic rings. The second kappa shape index (κ2) is 7.12. The lowest BCUT2D eigenvalue weighted by Crippen LogP contribution is -2.18. The minimum absolute atomic E-state index is 0.0911. The fourth-order valence-corrected chi connectivity index (χ4v) is 2.31. The Morgan fingerprint density at radius 2 is 1.83 bits per heavy atom. The standard InChI is InChI=1S/C18H15FO5/c19-14-3-1-2-12(8-14)9-18(21)24-11-15(20)13-4-5-16-17(10-13)23-7-6-22-16/h1-5,8,10H,6-7,9,11H2. The Labute approximate surface area is 138 Å². The van der Waals surface area contributed by atoms with Crippen molar-refractivity contribution in [1.29, 1.82) is 0 Å². The molecule has 0 saturated heterocycles. The maximum absolute atomic E-state index is 13.1. The number of carbonyl (C=O) groups excluding carboxylic acids is 2. The number of ether oxygens (including phenoxy) is 3. The molecule has 0 saturated carbocycles. The lowest BCUT2D eigenvalue weighted by molar-refractivity contribution is -0.141. The minimum Gasteiger partial charge on any atom is -0.486 e. The first-order valence-corrected chi connectivity index (χ1v) is 7.45. The molecule has 0 N–H and O–H groups in total. The van der Waals surface area contributed by atoms with Crippen molar-refractivity contribution in [3.05, 3.63) is 59.4 Å². The molecule has 0 aromatic heterocycles. The summed E-state index contributed by atoms with van der Waals surface area (Å²) in [7, 11) is 0. The number of Topliss-reactive ketones (excluding diaryl/α,β-unsaturated/α-hetero) is 1. The van der Waals surface area contributed by atoms with Crippen LogP contribution in [0.5, 0.6) is 11.5 Å². The number of carbonyl (C=O) groups is 2. The van der Waals surface area contributed by atoms with Crippen LogP contribution in [0.15, 0.2) is 42.5 Å². The van der Waals surface area contributed by atoms with Crippen LogP contribution in [0.25, 0.3) is 0 Å². The second-order valence-electron chi connectivity index (χ2n) is 5.25. The normalized spacial score (nSPS) is 12.5. The lowest BCUT2D eigenvalue weighted by Gasteiger charge is -2.18. The van der Waals surface area contributed by atoms with E-state index in [9.17, 15) is 14.0 Å². The fourth-order valence-electron chi connectivity index (χ4n) is 2.31.